The second-order valence-electron chi connectivity index (χ2n) is 12.0. The molecule has 154 valence electrons. The van der Waals surface area contributed by atoms with Crippen LogP contribution >= 0.6 is 0 Å². The van der Waals surface area contributed by atoms with Crippen LogP contribution in [-0.2, 0) is 0 Å². The molecule has 0 aromatic rings. The summed E-state index contributed by atoms with van der Waals surface area (Å²) in [6, 6.07) is 0. The van der Waals surface area contributed by atoms with Crippen LogP contribution in [0.5, 0.6) is 0 Å². The first-order valence-electron chi connectivity index (χ1n) is 12.5. The van der Waals surface area contributed by atoms with Crippen molar-refractivity contribution >= 4 is 0 Å². The van der Waals surface area contributed by atoms with E-state index in [1.807, 2.05) is 0 Å². The van der Waals surface area contributed by atoms with Gasteiger partial charge < -0.3 is 0 Å². The summed E-state index contributed by atoms with van der Waals surface area (Å²) in [6.45, 7) is 14.4. The fraction of sp³-hybridized carbons (Fsp3) is 0.926. The van der Waals surface area contributed by atoms with E-state index >= 15 is 0 Å². The van der Waals surface area contributed by atoms with Crippen molar-refractivity contribution in [3.63, 3.8) is 0 Å². The van der Waals surface area contributed by atoms with Crippen molar-refractivity contribution < 1.29 is 0 Å². The van der Waals surface area contributed by atoms with Gasteiger partial charge in [0.25, 0.3) is 0 Å². The molecule has 0 saturated heterocycles. The highest BCUT2D eigenvalue weighted by molar-refractivity contribution is 5.09. The van der Waals surface area contributed by atoms with Crippen LogP contribution in [0.25, 0.3) is 0 Å². The van der Waals surface area contributed by atoms with Crippen LogP contribution in [-0.4, -0.2) is 0 Å². The predicted octanol–water partition coefficient (Wildman–Crippen LogP) is 8.42. The normalized spacial score (nSPS) is 47.6. The molecule has 0 spiro atoms. The van der Waals surface area contributed by atoms with Crippen LogP contribution < -0.4 is 0 Å². The molecule has 0 unspecified atom stereocenters. The number of fused-ring (bicyclic) bond motifs is 5. The lowest BCUT2D eigenvalue weighted by Gasteiger charge is -2.61. The van der Waals surface area contributed by atoms with Crippen LogP contribution in [0.4, 0.5) is 0 Å². The molecule has 4 rings (SSSR count). The molecule has 0 aliphatic heterocycles. The van der Waals surface area contributed by atoms with E-state index < -0.39 is 0 Å². The van der Waals surface area contributed by atoms with Crippen molar-refractivity contribution in [2.45, 2.75) is 111 Å². The van der Waals surface area contributed by atoms with E-state index in [1.54, 1.807) is 38.5 Å². The van der Waals surface area contributed by atoms with Gasteiger partial charge in [0.15, 0.2) is 0 Å². The number of allylic oxidation sites excluding steroid dienone is 1. The maximum Gasteiger partial charge on any atom is -0.0264 e. The fourth-order valence-electron chi connectivity index (χ4n) is 9.20. The Morgan fingerprint density at radius 1 is 0.926 bits per heavy atom. The molecule has 0 aromatic heterocycles. The van der Waals surface area contributed by atoms with Gasteiger partial charge in [0.05, 0.1) is 0 Å². The molecule has 4 aliphatic carbocycles. The number of hydrogen-bond donors (Lipinski definition) is 0. The van der Waals surface area contributed by atoms with Gasteiger partial charge in [0, 0.05) is 0 Å². The van der Waals surface area contributed by atoms with Gasteiger partial charge in [-0.25, -0.2) is 0 Å². The molecule has 0 radical (unpaired) electrons. The molecular weight excluding hydrogens is 324 g/mol. The minimum Gasteiger partial charge on any atom is -0.100 e. The molecule has 0 heterocycles. The number of hydrogen-bond acceptors (Lipinski definition) is 0. The zero-order chi connectivity index (χ0) is 19.2. The van der Waals surface area contributed by atoms with Gasteiger partial charge in [-0.2, -0.15) is 0 Å². The Morgan fingerprint density at radius 2 is 1.70 bits per heavy atom. The minimum atomic E-state index is 0.654. The van der Waals surface area contributed by atoms with E-state index in [1.165, 1.54) is 50.5 Å². The summed E-state index contributed by atoms with van der Waals surface area (Å²) in [5.41, 5.74) is 2.73. The zero-order valence-corrected chi connectivity index (χ0v) is 18.9. The SMILES string of the molecule is C=C(C)CCC[C@@H](C)[C@H]1CC[C@H]2[C@@H]3CC[C@H]4CCCC[C@]4(C)[C@H]3CC[C@]12C. The third kappa shape index (κ3) is 3.36. The molecular formula is C27H46. The molecule has 8 atom stereocenters. The predicted molar refractivity (Wildman–Crippen MR) is 118 cm³/mol. The lowest BCUT2D eigenvalue weighted by atomic mass is 9.44. The van der Waals surface area contributed by atoms with Gasteiger partial charge >= 0.3 is 0 Å². The van der Waals surface area contributed by atoms with Crippen molar-refractivity contribution in [2.75, 3.05) is 0 Å². The monoisotopic (exact) mass is 370 g/mol. The van der Waals surface area contributed by atoms with Crippen molar-refractivity contribution in [3.05, 3.63) is 12.2 Å². The molecule has 0 amide bonds. The molecule has 4 saturated carbocycles. The lowest BCUT2D eigenvalue weighted by Crippen LogP contribution is -2.53. The molecule has 0 heteroatoms. The quantitative estimate of drug-likeness (QED) is 0.426. The van der Waals surface area contributed by atoms with Crippen LogP contribution in [0.15, 0.2) is 12.2 Å². The highest BCUT2D eigenvalue weighted by Gasteiger charge is 2.59. The Kier molecular flexibility index (Phi) is 5.59. The molecule has 27 heavy (non-hydrogen) atoms. The first-order chi connectivity index (χ1) is 12.9. The van der Waals surface area contributed by atoms with Crippen molar-refractivity contribution in [1.82, 2.24) is 0 Å². The van der Waals surface area contributed by atoms with E-state index in [2.05, 4.69) is 34.3 Å². The molecule has 4 aliphatic rings. The van der Waals surface area contributed by atoms with Gasteiger partial charge in [-0.1, -0.05) is 45.6 Å². The average molecular weight is 371 g/mol. The third-order valence-electron chi connectivity index (χ3n) is 10.6. The van der Waals surface area contributed by atoms with Gasteiger partial charge in [0.1, 0.15) is 0 Å². The van der Waals surface area contributed by atoms with Crippen molar-refractivity contribution in [1.29, 1.82) is 0 Å². The fourth-order valence-corrected chi connectivity index (χ4v) is 9.20. The summed E-state index contributed by atoms with van der Waals surface area (Å²) in [4.78, 5) is 0. The second-order valence-corrected chi connectivity index (χ2v) is 12.0. The Morgan fingerprint density at radius 3 is 2.48 bits per heavy atom. The molecule has 0 aromatic carbocycles. The first kappa shape index (κ1) is 20.0. The van der Waals surface area contributed by atoms with Crippen LogP contribution in [0.3, 0.4) is 0 Å². The number of rotatable bonds is 5. The van der Waals surface area contributed by atoms with Gasteiger partial charge in [-0.15, -0.1) is 6.58 Å². The van der Waals surface area contributed by atoms with E-state index in [9.17, 15) is 0 Å². The topological polar surface area (TPSA) is 0 Å². The second kappa shape index (κ2) is 7.53. The first-order valence-corrected chi connectivity index (χ1v) is 12.5. The van der Waals surface area contributed by atoms with Crippen molar-refractivity contribution in [2.24, 2.45) is 46.3 Å². The van der Waals surface area contributed by atoms with Crippen LogP contribution in [0, 0.1) is 46.3 Å². The lowest BCUT2D eigenvalue weighted by molar-refractivity contribution is -0.114. The standard InChI is InChI=1S/C27H46/c1-19(2)9-8-10-20(3)23-14-15-24-22-13-12-21-11-6-7-17-26(21,4)25(22)16-18-27(23,24)5/h20-25H,1,6-18H2,2-5H3/t20-,21-,22+,23-,24+,25+,26+,27-/m1/s1. The smallest absolute Gasteiger partial charge is 0.0264 e. The van der Waals surface area contributed by atoms with Crippen LogP contribution in [0.2, 0.25) is 0 Å². The molecule has 0 N–H and O–H groups in total. The van der Waals surface area contributed by atoms with Gasteiger partial charge in [-0.3, -0.25) is 0 Å². The summed E-state index contributed by atoms with van der Waals surface area (Å²) in [5, 5.41) is 0. The summed E-state index contributed by atoms with van der Waals surface area (Å²) < 4.78 is 0. The zero-order valence-electron chi connectivity index (χ0n) is 18.9. The molecule has 0 nitrogen and oxygen atoms in total. The molecule has 4 fully saturated rings. The minimum absolute atomic E-state index is 0.654. The highest BCUT2D eigenvalue weighted by atomic mass is 14.6. The maximum absolute atomic E-state index is 4.11. The van der Waals surface area contributed by atoms with Gasteiger partial charge in [0.2, 0.25) is 0 Å². The third-order valence-corrected chi connectivity index (χ3v) is 10.6. The summed E-state index contributed by atoms with van der Waals surface area (Å²) in [7, 11) is 0. The Labute approximate surface area is 170 Å². The highest BCUT2D eigenvalue weighted by Crippen LogP contribution is 2.68. The van der Waals surface area contributed by atoms with E-state index in [4.69, 9.17) is 0 Å². The largest absolute Gasteiger partial charge is 0.100 e. The van der Waals surface area contributed by atoms with E-state index in [0.29, 0.717) is 10.8 Å². The molecule has 0 bridgehead atoms. The Balaban J connectivity index is 1.47. The Hall–Kier alpha value is -0.260. The summed E-state index contributed by atoms with van der Waals surface area (Å²) in [6.07, 6.45) is 19.4. The summed E-state index contributed by atoms with van der Waals surface area (Å²) >= 11 is 0. The summed E-state index contributed by atoms with van der Waals surface area (Å²) in [5.74, 6) is 6.14. The van der Waals surface area contributed by atoms with E-state index in [-0.39, 0.29) is 0 Å². The Bertz CT molecular complexity index is 546. The van der Waals surface area contributed by atoms with Crippen LogP contribution in [0.1, 0.15) is 111 Å². The average Bonchev–Trinajstić information content (AvgIpc) is 2.98. The van der Waals surface area contributed by atoms with E-state index in [0.717, 1.165) is 35.5 Å². The van der Waals surface area contributed by atoms with Crippen molar-refractivity contribution in [3.8, 4) is 0 Å². The van der Waals surface area contributed by atoms with Gasteiger partial charge in [-0.05, 0) is 117 Å². The maximum atomic E-state index is 4.11.